The third-order valence-corrected chi connectivity index (χ3v) is 13.9. The lowest BCUT2D eigenvalue weighted by atomic mass is 10.0. The van der Waals surface area contributed by atoms with E-state index in [0.717, 1.165) is 38.5 Å². The van der Waals surface area contributed by atoms with Gasteiger partial charge in [0.25, 0.3) is 7.82 Å². The van der Waals surface area contributed by atoms with Gasteiger partial charge in [-0.15, -0.1) is 0 Å². The number of allylic oxidation sites excluding steroid dienone is 3. The molecule has 0 aromatic heterocycles. The number of phosphoric ester groups is 1. The van der Waals surface area contributed by atoms with Crippen molar-refractivity contribution in [3.05, 3.63) is 24.3 Å². The van der Waals surface area contributed by atoms with Gasteiger partial charge < -0.3 is 28.8 Å². The number of rotatable bonds is 52. The predicted molar refractivity (Wildman–Crippen MR) is 279 cm³/mol. The van der Waals surface area contributed by atoms with Crippen LogP contribution in [0.4, 0.5) is 0 Å². The SMILES string of the molecule is CCCCCCCCC/C=C/CC/C=C/C(O)C(COP(=O)([O-])OCC[N+](C)(C)C)NC(=O)CCCCCCCCCCCCCCCCCCCCCCCCCCCCCCCC. The topological polar surface area (TPSA) is 108 Å². The van der Waals surface area contributed by atoms with Crippen LogP contribution in [-0.4, -0.2) is 68.5 Å². The molecule has 8 nitrogen and oxygen atoms in total. The molecule has 2 N–H and O–H groups in total. The Labute approximate surface area is 404 Å². The molecular weight excluding hydrogens is 828 g/mol. The van der Waals surface area contributed by atoms with Gasteiger partial charge in [-0.05, 0) is 32.1 Å². The quantitative estimate of drug-likeness (QED) is 0.0272. The van der Waals surface area contributed by atoms with Crippen LogP contribution in [-0.2, 0) is 18.4 Å². The Morgan fingerprint density at radius 2 is 0.862 bits per heavy atom. The van der Waals surface area contributed by atoms with Gasteiger partial charge in [0.2, 0.25) is 5.91 Å². The Morgan fingerprint density at radius 3 is 1.25 bits per heavy atom. The number of amides is 1. The van der Waals surface area contributed by atoms with E-state index in [4.69, 9.17) is 9.05 Å². The highest BCUT2D eigenvalue weighted by molar-refractivity contribution is 7.45. The summed E-state index contributed by atoms with van der Waals surface area (Å²) in [5.74, 6) is -0.203. The Kier molecular flexibility index (Phi) is 47.3. The number of aliphatic hydroxyl groups is 1. The first kappa shape index (κ1) is 64.0. The smallest absolute Gasteiger partial charge is 0.268 e. The summed E-state index contributed by atoms with van der Waals surface area (Å²) in [6.07, 6.45) is 59.9. The summed E-state index contributed by atoms with van der Waals surface area (Å²) in [4.78, 5) is 25.4. The minimum Gasteiger partial charge on any atom is -0.756 e. The number of unbranched alkanes of at least 4 members (excludes halogenated alkanes) is 37. The highest BCUT2D eigenvalue weighted by Crippen LogP contribution is 2.38. The van der Waals surface area contributed by atoms with Crippen molar-refractivity contribution in [3.8, 4) is 0 Å². The van der Waals surface area contributed by atoms with Crippen molar-refractivity contribution in [2.24, 2.45) is 0 Å². The highest BCUT2D eigenvalue weighted by Gasteiger charge is 2.23. The number of hydrogen-bond donors (Lipinski definition) is 2. The maximum absolute atomic E-state index is 12.9. The fraction of sp³-hybridized carbons (Fsp3) is 0.911. The molecule has 0 aromatic rings. The van der Waals surface area contributed by atoms with Crippen molar-refractivity contribution >= 4 is 13.7 Å². The first-order valence-corrected chi connectivity index (χ1v) is 29.7. The zero-order valence-corrected chi connectivity index (χ0v) is 44.9. The second-order valence-electron chi connectivity index (χ2n) is 20.6. The van der Waals surface area contributed by atoms with Crippen molar-refractivity contribution in [3.63, 3.8) is 0 Å². The van der Waals surface area contributed by atoms with Gasteiger partial charge in [-0.25, -0.2) is 0 Å². The lowest BCUT2D eigenvalue weighted by Crippen LogP contribution is -2.45. The molecule has 0 radical (unpaired) electrons. The number of nitrogens with zero attached hydrogens (tertiary/aromatic N) is 1. The molecule has 0 aliphatic rings. The first-order valence-electron chi connectivity index (χ1n) is 28.2. The summed E-state index contributed by atoms with van der Waals surface area (Å²) < 4.78 is 23.3. The first-order chi connectivity index (χ1) is 31.5. The number of quaternary nitrogens is 1. The average molecular weight is 939 g/mol. The molecule has 1 amide bonds. The van der Waals surface area contributed by atoms with Gasteiger partial charge in [-0.1, -0.05) is 263 Å². The molecule has 0 aliphatic heterocycles. The van der Waals surface area contributed by atoms with Crippen LogP contribution in [0.25, 0.3) is 0 Å². The Hall–Kier alpha value is -1.02. The van der Waals surface area contributed by atoms with Gasteiger partial charge in [0.1, 0.15) is 13.2 Å². The van der Waals surface area contributed by atoms with Crippen LogP contribution in [0.3, 0.4) is 0 Å². The molecule has 0 bridgehead atoms. The van der Waals surface area contributed by atoms with E-state index >= 15 is 0 Å². The van der Waals surface area contributed by atoms with Gasteiger partial charge in [-0.2, -0.15) is 0 Å². The van der Waals surface area contributed by atoms with Crippen LogP contribution in [0.1, 0.15) is 277 Å². The third kappa shape index (κ3) is 50.7. The standard InChI is InChI=1S/C56H111N2O6P/c1-6-8-10-12-14-16-18-20-21-22-23-24-25-26-27-28-29-30-31-32-33-34-35-36-38-40-42-44-46-48-50-56(60)57-54(53-64-65(61,62)63-52-51-58(3,4)5)55(59)49-47-45-43-41-39-37-19-17-15-13-11-9-7-2/h39,41,47,49,54-55,59H,6-38,40,42-46,48,50-53H2,1-5H3,(H-,57,60,61,62)/b41-39+,49-47+. The van der Waals surface area contributed by atoms with E-state index in [1.165, 1.54) is 218 Å². The second kappa shape index (κ2) is 48.0. The van der Waals surface area contributed by atoms with E-state index in [2.05, 4.69) is 31.3 Å². The fourth-order valence-electron chi connectivity index (χ4n) is 8.47. The molecule has 3 atom stereocenters. The summed E-state index contributed by atoms with van der Waals surface area (Å²) >= 11 is 0. The zero-order chi connectivity index (χ0) is 47.8. The average Bonchev–Trinajstić information content (AvgIpc) is 3.26. The molecule has 0 heterocycles. The van der Waals surface area contributed by atoms with Crippen LogP contribution in [0.5, 0.6) is 0 Å². The number of carbonyl (C=O) groups is 1. The maximum Gasteiger partial charge on any atom is 0.268 e. The largest absolute Gasteiger partial charge is 0.756 e. The van der Waals surface area contributed by atoms with E-state index in [0.29, 0.717) is 17.4 Å². The summed E-state index contributed by atoms with van der Waals surface area (Å²) in [6, 6.07) is -0.899. The Morgan fingerprint density at radius 1 is 0.523 bits per heavy atom. The monoisotopic (exact) mass is 939 g/mol. The van der Waals surface area contributed by atoms with Gasteiger partial charge in [0, 0.05) is 6.42 Å². The van der Waals surface area contributed by atoms with Crippen LogP contribution in [0.2, 0.25) is 0 Å². The normalized spacial score (nSPS) is 14.1. The third-order valence-electron chi connectivity index (χ3n) is 12.9. The fourth-order valence-corrected chi connectivity index (χ4v) is 9.19. The molecule has 0 saturated carbocycles. The van der Waals surface area contributed by atoms with Crippen molar-refractivity contribution in [1.29, 1.82) is 0 Å². The molecule has 0 fully saturated rings. The van der Waals surface area contributed by atoms with E-state index in [-0.39, 0.29) is 19.1 Å². The molecule has 0 rings (SSSR count). The van der Waals surface area contributed by atoms with Crippen LogP contribution >= 0.6 is 7.82 Å². The maximum atomic E-state index is 12.9. The van der Waals surface area contributed by atoms with Gasteiger partial charge in [0.05, 0.1) is 39.9 Å². The zero-order valence-electron chi connectivity index (χ0n) is 44.0. The van der Waals surface area contributed by atoms with Gasteiger partial charge in [-0.3, -0.25) is 9.36 Å². The predicted octanol–water partition coefficient (Wildman–Crippen LogP) is 16.2. The molecule has 65 heavy (non-hydrogen) atoms. The van der Waals surface area contributed by atoms with E-state index < -0.39 is 20.0 Å². The summed E-state index contributed by atoms with van der Waals surface area (Å²) in [6.45, 7) is 4.65. The number of phosphoric acid groups is 1. The lowest BCUT2D eigenvalue weighted by molar-refractivity contribution is -0.870. The minimum absolute atomic E-state index is 0.00405. The van der Waals surface area contributed by atoms with E-state index in [9.17, 15) is 19.4 Å². The molecule has 386 valence electrons. The summed E-state index contributed by atoms with van der Waals surface area (Å²) in [7, 11) is 1.25. The lowest BCUT2D eigenvalue weighted by Gasteiger charge is -2.29. The number of nitrogens with one attached hydrogen (secondary N) is 1. The molecule has 0 saturated heterocycles. The Balaban J connectivity index is 4.04. The molecule has 0 aromatic carbocycles. The molecule has 0 aliphatic carbocycles. The van der Waals surface area contributed by atoms with Crippen molar-refractivity contribution in [1.82, 2.24) is 5.32 Å². The van der Waals surface area contributed by atoms with Crippen LogP contribution < -0.4 is 10.2 Å². The number of aliphatic hydroxyl groups excluding tert-OH is 1. The van der Waals surface area contributed by atoms with E-state index in [1.54, 1.807) is 6.08 Å². The van der Waals surface area contributed by atoms with Crippen LogP contribution in [0.15, 0.2) is 24.3 Å². The Bertz CT molecular complexity index is 1110. The van der Waals surface area contributed by atoms with Crippen molar-refractivity contribution in [2.45, 2.75) is 289 Å². The van der Waals surface area contributed by atoms with Gasteiger partial charge in [0.15, 0.2) is 0 Å². The highest BCUT2D eigenvalue weighted by atomic mass is 31.2. The molecule has 0 spiro atoms. The molecular formula is C56H111N2O6P. The van der Waals surface area contributed by atoms with Crippen LogP contribution in [0, 0.1) is 0 Å². The molecule has 3 unspecified atom stereocenters. The summed E-state index contributed by atoms with van der Waals surface area (Å²) in [5, 5.41) is 13.8. The van der Waals surface area contributed by atoms with E-state index in [1.807, 2.05) is 27.2 Å². The van der Waals surface area contributed by atoms with Crippen molar-refractivity contribution in [2.75, 3.05) is 40.9 Å². The number of carbonyl (C=O) groups excluding carboxylic acids is 1. The summed E-state index contributed by atoms with van der Waals surface area (Å²) in [5.41, 5.74) is 0. The van der Waals surface area contributed by atoms with Crippen molar-refractivity contribution < 1.29 is 32.9 Å². The number of hydrogen-bond acceptors (Lipinski definition) is 6. The van der Waals surface area contributed by atoms with Gasteiger partial charge >= 0.3 is 0 Å². The molecule has 9 heteroatoms. The second-order valence-corrected chi connectivity index (χ2v) is 22.1. The minimum atomic E-state index is -4.60. The number of likely N-dealkylation sites (N-methyl/N-ethyl adjacent to an activating group) is 1.